The van der Waals surface area contributed by atoms with Gasteiger partial charge in [0, 0.05) is 24.0 Å². The number of rotatable bonds is 3. The Hall–Kier alpha value is -2.08. The zero-order valence-electron chi connectivity index (χ0n) is 12.8. The van der Waals surface area contributed by atoms with Gasteiger partial charge in [-0.3, -0.25) is 0 Å². The fourth-order valence-electron chi connectivity index (χ4n) is 3.01. The van der Waals surface area contributed by atoms with E-state index in [9.17, 15) is 0 Å². The van der Waals surface area contributed by atoms with E-state index in [4.69, 9.17) is 10.2 Å². The number of hydrogen-bond acceptors (Lipinski definition) is 3. The molecule has 1 aliphatic heterocycles. The van der Waals surface area contributed by atoms with Crippen molar-refractivity contribution in [2.45, 2.75) is 39.0 Å². The summed E-state index contributed by atoms with van der Waals surface area (Å²) in [7, 11) is 0. The van der Waals surface area contributed by atoms with Crippen molar-refractivity contribution in [2.75, 3.05) is 18.0 Å². The quantitative estimate of drug-likeness (QED) is 0.851. The van der Waals surface area contributed by atoms with E-state index >= 15 is 0 Å². The zero-order chi connectivity index (χ0) is 14.8. The Bertz CT molecular complexity index is 691. The first-order chi connectivity index (χ1) is 10.2. The fourth-order valence-corrected chi connectivity index (χ4v) is 3.01. The van der Waals surface area contributed by atoms with Crippen LogP contribution in [0.25, 0.3) is 10.9 Å². The second kappa shape index (κ2) is 5.73. The first-order valence-corrected chi connectivity index (χ1v) is 7.74. The SMILES string of the molecule is CC(C)c1ccc2nc(N3CCCC3)c(CC#N)cc2c1. The Labute approximate surface area is 126 Å². The third-order valence-corrected chi connectivity index (χ3v) is 4.24. The summed E-state index contributed by atoms with van der Waals surface area (Å²) in [6.07, 6.45) is 2.87. The molecule has 108 valence electrons. The monoisotopic (exact) mass is 279 g/mol. The maximum atomic E-state index is 9.11. The molecule has 0 unspecified atom stereocenters. The minimum Gasteiger partial charge on any atom is -0.356 e. The van der Waals surface area contributed by atoms with Gasteiger partial charge in [-0.1, -0.05) is 19.9 Å². The van der Waals surface area contributed by atoms with Crippen LogP contribution in [0.3, 0.4) is 0 Å². The van der Waals surface area contributed by atoms with Crippen LogP contribution in [0.1, 0.15) is 43.7 Å². The predicted molar refractivity (Wildman–Crippen MR) is 86.6 cm³/mol. The lowest BCUT2D eigenvalue weighted by molar-refractivity contribution is 0.868. The molecule has 0 radical (unpaired) electrons. The van der Waals surface area contributed by atoms with Crippen molar-refractivity contribution < 1.29 is 0 Å². The largest absolute Gasteiger partial charge is 0.356 e. The highest BCUT2D eigenvalue weighted by Crippen LogP contribution is 2.28. The van der Waals surface area contributed by atoms with Crippen molar-refractivity contribution in [3.8, 4) is 6.07 Å². The molecule has 2 heterocycles. The zero-order valence-corrected chi connectivity index (χ0v) is 12.8. The number of nitriles is 1. The minimum absolute atomic E-state index is 0.431. The van der Waals surface area contributed by atoms with Gasteiger partial charge in [-0.15, -0.1) is 0 Å². The fraction of sp³-hybridized carbons (Fsp3) is 0.444. The summed E-state index contributed by atoms with van der Waals surface area (Å²) >= 11 is 0. The maximum Gasteiger partial charge on any atom is 0.133 e. The van der Waals surface area contributed by atoms with E-state index in [0.29, 0.717) is 12.3 Å². The Balaban J connectivity index is 2.12. The number of pyridine rings is 1. The summed E-state index contributed by atoms with van der Waals surface area (Å²) in [5.41, 5.74) is 3.41. The van der Waals surface area contributed by atoms with E-state index in [1.165, 1.54) is 18.4 Å². The molecule has 3 nitrogen and oxygen atoms in total. The molecule has 0 N–H and O–H groups in total. The Morgan fingerprint density at radius 3 is 2.67 bits per heavy atom. The lowest BCUT2D eigenvalue weighted by Gasteiger charge is -2.20. The average molecular weight is 279 g/mol. The average Bonchev–Trinajstić information content (AvgIpc) is 3.00. The molecule has 1 fully saturated rings. The molecule has 21 heavy (non-hydrogen) atoms. The summed E-state index contributed by atoms with van der Waals surface area (Å²) in [5.74, 6) is 1.52. The van der Waals surface area contributed by atoms with Crippen LogP contribution in [0.15, 0.2) is 24.3 Å². The van der Waals surface area contributed by atoms with Gasteiger partial charge in [-0.25, -0.2) is 4.98 Å². The second-order valence-corrected chi connectivity index (χ2v) is 6.11. The van der Waals surface area contributed by atoms with Crippen molar-refractivity contribution in [3.05, 3.63) is 35.4 Å². The van der Waals surface area contributed by atoms with Gasteiger partial charge in [0.1, 0.15) is 5.82 Å². The van der Waals surface area contributed by atoms with Crippen LogP contribution in [0.4, 0.5) is 5.82 Å². The predicted octanol–water partition coefficient (Wildman–Crippen LogP) is 4.02. The van der Waals surface area contributed by atoms with Crippen molar-refractivity contribution >= 4 is 16.7 Å². The Morgan fingerprint density at radius 2 is 2.00 bits per heavy atom. The maximum absolute atomic E-state index is 9.11. The van der Waals surface area contributed by atoms with E-state index in [1.54, 1.807) is 0 Å². The van der Waals surface area contributed by atoms with Crippen molar-refractivity contribution in [2.24, 2.45) is 0 Å². The molecular formula is C18H21N3. The molecule has 1 aromatic heterocycles. The van der Waals surface area contributed by atoms with E-state index in [1.807, 2.05) is 0 Å². The molecule has 0 amide bonds. The van der Waals surface area contributed by atoms with Crippen LogP contribution in [-0.4, -0.2) is 18.1 Å². The third kappa shape index (κ3) is 2.71. The third-order valence-electron chi connectivity index (χ3n) is 4.24. The number of anilines is 1. The van der Waals surface area contributed by atoms with Crippen LogP contribution in [0, 0.1) is 11.3 Å². The molecule has 0 bridgehead atoms. The second-order valence-electron chi connectivity index (χ2n) is 6.11. The lowest BCUT2D eigenvalue weighted by Crippen LogP contribution is -2.20. The highest BCUT2D eigenvalue weighted by atomic mass is 15.2. The molecule has 0 atom stereocenters. The van der Waals surface area contributed by atoms with Crippen molar-refractivity contribution in [3.63, 3.8) is 0 Å². The molecule has 3 rings (SSSR count). The summed E-state index contributed by atoms with van der Waals surface area (Å²) in [5, 5.41) is 10.3. The van der Waals surface area contributed by atoms with Gasteiger partial charge in [-0.2, -0.15) is 5.26 Å². The van der Waals surface area contributed by atoms with Gasteiger partial charge in [0.05, 0.1) is 18.0 Å². The van der Waals surface area contributed by atoms with E-state index in [2.05, 4.69) is 49.1 Å². The molecular weight excluding hydrogens is 258 g/mol. The Morgan fingerprint density at radius 1 is 1.24 bits per heavy atom. The number of nitrogens with zero attached hydrogens (tertiary/aromatic N) is 3. The Kier molecular flexibility index (Phi) is 3.79. The summed E-state index contributed by atoms with van der Waals surface area (Å²) in [6, 6.07) is 10.9. The highest BCUT2D eigenvalue weighted by Gasteiger charge is 2.18. The van der Waals surface area contributed by atoms with Crippen LogP contribution in [0.5, 0.6) is 0 Å². The highest BCUT2D eigenvalue weighted by molar-refractivity contribution is 5.83. The van der Waals surface area contributed by atoms with Crippen LogP contribution >= 0.6 is 0 Å². The van der Waals surface area contributed by atoms with Gasteiger partial charge in [0.15, 0.2) is 0 Å². The van der Waals surface area contributed by atoms with E-state index < -0.39 is 0 Å². The molecule has 1 saturated heterocycles. The summed E-state index contributed by atoms with van der Waals surface area (Å²) in [4.78, 5) is 7.17. The molecule has 0 saturated carbocycles. The van der Waals surface area contributed by atoms with E-state index in [-0.39, 0.29) is 0 Å². The number of aromatic nitrogens is 1. The molecule has 2 aromatic rings. The first kappa shape index (κ1) is 13.9. The van der Waals surface area contributed by atoms with Gasteiger partial charge in [-0.05, 0) is 42.5 Å². The standard InChI is InChI=1S/C18H21N3/c1-13(2)14-5-6-17-16(11-14)12-15(7-8-19)18(20-17)21-9-3-4-10-21/h5-6,11-13H,3-4,7,9-10H2,1-2H3. The minimum atomic E-state index is 0.431. The number of hydrogen-bond donors (Lipinski definition) is 0. The molecule has 1 aromatic carbocycles. The number of benzene rings is 1. The first-order valence-electron chi connectivity index (χ1n) is 7.74. The van der Waals surface area contributed by atoms with Gasteiger partial charge in [0.25, 0.3) is 0 Å². The lowest BCUT2D eigenvalue weighted by atomic mass is 10.00. The smallest absolute Gasteiger partial charge is 0.133 e. The summed E-state index contributed by atoms with van der Waals surface area (Å²) < 4.78 is 0. The summed E-state index contributed by atoms with van der Waals surface area (Å²) in [6.45, 7) is 6.51. The number of fused-ring (bicyclic) bond motifs is 1. The molecule has 0 spiro atoms. The van der Waals surface area contributed by atoms with Crippen LogP contribution in [-0.2, 0) is 6.42 Å². The normalized spacial score (nSPS) is 14.9. The van der Waals surface area contributed by atoms with Gasteiger partial charge < -0.3 is 4.90 Å². The molecule has 0 aliphatic carbocycles. The molecule has 1 aliphatic rings. The van der Waals surface area contributed by atoms with Crippen molar-refractivity contribution in [1.82, 2.24) is 4.98 Å². The molecule has 3 heteroatoms. The van der Waals surface area contributed by atoms with Gasteiger partial charge >= 0.3 is 0 Å². The van der Waals surface area contributed by atoms with Crippen molar-refractivity contribution in [1.29, 1.82) is 5.26 Å². The van der Waals surface area contributed by atoms with E-state index in [0.717, 1.165) is 35.4 Å². The van der Waals surface area contributed by atoms with Crippen LogP contribution < -0.4 is 4.90 Å². The van der Waals surface area contributed by atoms with Crippen LogP contribution in [0.2, 0.25) is 0 Å². The topological polar surface area (TPSA) is 39.9 Å². The van der Waals surface area contributed by atoms with Gasteiger partial charge in [0.2, 0.25) is 0 Å².